The molecule has 2 fully saturated rings. The van der Waals surface area contributed by atoms with Crippen LogP contribution in [0.1, 0.15) is 48.4 Å². The second-order valence-electron chi connectivity index (χ2n) is 7.22. The Balaban J connectivity index is 1.57. The first-order chi connectivity index (χ1) is 12.7. The van der Waals surface area contributed by atoms with Crippen LogP contribution in [0.5, 0.6) is 0 Å². The Hall–Kier alpha value is -1.83. The third-order valence-electron chi connectivity index (χ3n) is 5.28. The first-order valence-corrected chi connectivity index (χ1v) is 10.2. The molecule has 3 heterocycles. The molecule has 1 aliphatic carbocycles. The monoisotopic (exact) mass is 369 g/mol. The van der Waals surface area contributed by atoms with Crippen LogP contribution in [0.4, 0.5) is 0 Å². The standard InChI is InChI=1S/C19H23N5OS/c1-12(23-7-9-25-10-8-23)19-21-18(14-3-4-14)22-24(19)15-5-6-16-17(11-15)26-13(2)20-16/h5-6,11-12,14H,3-4,7-10H2,1-2H3/t12-/m1/s1. The van der Waals surface area contributed by atoms with Gasteiger partial charge in [-0.2, -0.15) is 5.10 Å². The van der Waals surface area contributed by atoms with Crippen LogP contribution in [-0.4, -0.2) is 51.0 Å². The molecule has 1 aliphatic heterocycles. The van der Waals surface area contributed by atoms with Gasteiger partial charge >= 0.3 is 0 Å². The Morgan fingerprint density at radius 1 is 1.19 bits per heavy atom. The first-order valence-electron chi connectivity index (χ1n) is 9.35. The van der Waals surface area contributed by atoms with E-state index in [0.717, 1.165) is 54.2 Å². The van der Waals surface area contributed by atoms with E-state index >= 15 is 0 Å². The number of aromatic nitrogens is 4. The molecule has 0 spiro atoms. The lowest BCUT2D eigenvalue weighted by atomic mass is 10.2. The molecule has 0 amide bonds. The fraction of sp³-hybridized carbons (Fsp3) is 0.526. The van der Waals surface area contributed by atoms with Crippen LogP contribution < -0.4 is 0 Å². The van der Waals surface area contributed by atoms with E-state index in [4.69, 9.17) is 14.8 Å². The van der Waals surface area contributed by atoms with E-state index < -0.39 is 0 Å². The summed E-state index contributed by atoms with van der Waals surface area (Å²) in [7, 11) is 0. The fourth-order valence-electron chi connectivity index (χ4n) is 3.60. The van der Waals surface area contributed by atoms with E-state index in [1.165, 1.54) is 17.5 Å². The highest BCUT2D eigenvalue weighted by atomic mass is 32.1. The Morgan fingerprint density at radius 2 is 2.00 bits per heavy atom. The molecule has 2 aliphatic rings. The van der Waals surface area contributed by atoms with Crippen molar-refractivity contribution in [2.45, 2.75) is 38.6 Å². The van der Waals surface area contributed by atoms with E-state index in [9.17, 15) is 0 Å². The minimum Gasteiger partial charge on any atom is -0.379 e. The summed E-state index contributed by atoms with van der Waals surface area (Å²) >= 11 is 1.73. The Kier molecular flexibility index (Phi) is 4.03. The molecular weight excluding hydrogens is 346 g/mol. The van der Waals surface area contributed by atoms with Gasteiger partial charge in [0.2, 0.25) is 0 Å². The van der Waals surface area contributed by atoms with E-state index in [0.29, 0.717) is 5.92 Å². The first kappa shape index (κ1) is 16.4. The van der Waals surface area contributed by atoms with Gasteiger partial charge in [0.1, 0.15) is 5.82 Å². The van der Waals surface area contributed by atoms with Crippen LogP contribution >= 0.6 is 11.3 Å². The zero-order valence-corrected chi connectivity index (χ0v) is 16.0. The zero-order chi connectivity index (χ0) is 17.7. The summed E-state index contributed by atoms with van der Waals surface area (Å²) in [6.45, 7) is 7.76. The molecule has 1 atom stereocenters. The van der Waals surface area contributed by atoms with Crippen LogP contribution in [0.3, 0.4) is 0 Å². The minimum atomic E-state index is 0.220. The normalized spacial score (nSPS) is 19.9. The summed E-state index contributed by atoms with van der Waals surface area (Å²) in [6.07, 6.45) is 2.42. The molecule has 0 unspecified atom stereocenters. The molecule has 136 valence electrons. The van der Waals surface area contributed by atoms with Crippen molar-refractivity contribution in [3.05, 3.63) is 34.9 Å². The van der Waals surface area contributed by atoms with Gasteiger partial charge in [-0.05, 0) is 44.9 Å². The average molecular weight is 369 g/mol. The second kappa shape index (κ2) is 6.40. The van der Waals surface area contributed by atoms with E-state index in [-0.39, 0.29) is 6.04 Å². The summed E-state index contributed by atoms with van der Waals surface area (Å²) in [5.74, 6) is 2.58. The number of hydrogen-bond donors (Lipinski definition) is 0. The molecule has 7 heteroatoms. The van der Waals surface area contributed by atoms with E-state index in [1.807, 2.05) is 0 Å². The highest BCUT2D eigenvalue weighted by Gasteiger charge is 2.32. The van der Waals surface area contributed by atoms with Crippen LogP contribution in [0.25, 0.3) is 15.9 Å². The maximum atomic E-state index is 5.51. The number of hydrogen-bond acceptors (Lipinski definition) is 6. The van der Waals surface area contributed by atoms with Gasteiger partial charge in [0.15, 0.2) is 5.82 Å². The van der Waals surface area contributed by atoms with Crippen LogP contribution in [0, 0.1) is 6.92 Å². The number of nitrogens with zero attached hydrogens (tertiary/aromatic N) is 5. The van der Waals surface area contributed by atoms with Gasteiger partial charge < -0.3 is 4.74 Å². The largest absolute Gasteiger partial charge is 0.379 e. The molecular formula is C19H23N5OS. The average Bonchev–Trinajstić information content (AvgIpc) is 3.30. The summed E-state index contributed by atoms with van der Waals surface area (Å²) in [6, 6.07) is 6.62. The summed E-state index contributed by atoms with van der Waals surface area (Å²) in [4.78, 5) is 12.0. The number of fused-ring (bicyclic) bond motifs is 1. The second-order valence-corrected chi connectivity index (χ2v) is 8.46. The maximum absolute atomic E-state index is 5.51. The van der Waals surface area contributed by atoms with Crippen molar-refractivity contribution in [1.29, 1.82) is 0 Å². The fourth-order valence-corrected chi connectivity index (χ4v) is 4.46. The van der Waals surface area contributed by atoms with Gasteiger partial charge in [-0.15, -0.1) is 11.3 Å². The molecule has 2 aromatic heterocycles. The number of thiazole rings is 1. The maximum Gasteiger partial charge on any atom is 0.154 e. The molecule has 26 heavy (non-hydrogen) atoms. The molecule has 5 rings (SSSR count). The van der Waals surface area contributed by atoms with Crippen molar-refractivity contribution >= 4 is 21.6 Å². The van der Waals surface area contributed by atoms with Crippen molar-refractivity contribution < 1.29 is 4.74 Å². The molecule has 1 saturated heterocycles. The predicted octanol–water partition coefficient (Wildman–Crippen LogP) is 3.46. The number of rotatable bonds is 4. The molecule has 6 nitrogen and oxygen atoms in total. The molecule has 1 saturated carbocycles. The van der Waals surface area contributed by atoms with Gasteiger partial charge in [-0.1, -0.05) is 0 Å². The zero-order valence-electron chi connectivity index (χ0n) is 15.2. The van der Waals surface area contributed by atoms with E-state index in [2.05, 4.69) is 46.6 Å². The molecule has 0 N–H and O–H groups in total. The summed E-state index contributed by atoms with van der Waals surface area (Å²) in [5.41, 5.74) is 2.14. The lowest BCUT2D eigenvalue weighted by molar-refractivity contribution is 0.0178. The third kappa shape index (κ3) is 2.94. The lowest BCUT2D eigenvalue weighted by Gasteiger charge is -2.31. The Labute approximate surface area is 156 Å². The van der Waals surface area contributed by atoms with Crippen molar-refractivity contribution in [3.8, 4) is 5.69 Å². The topological polar surface area (TPSA) is 56.1 Å². The van der Waals surface area contributed by atoms with E-state index in [1.54, 1.807) is 11.3 Å². The predicted molar refractivity (Wildman–Crippen MR) is 102 cm³/mol. The number of morpholine rings is 1. The number of ether oxygens (including phenoxy) is 1. The van der Waals surface area contributed by atoms with Crippen molar-refractivity contribution in [2.24, 2.45) is 0 Å². The van der Waals surface area contributed by atoms with Crippen LogP contribution in [0.2, 0.25) is 0 Å². The van der Waals surface area contributed by atoms with Crippen LogP contribution in [0.15, 0.2) is 18.2 Å². The van der Waals surface area contributed by atoms with Crippen molar-refractivity contribution in [1.82, 2.24) is 24.6 Å². The highest BCUT2D eigenvalue weighted by molar-refractivity contribution is 7.18. The quantitative estimate of drug-likeness (QED) is 0.705. The third-order valence-corrected chi connectivity index (χ3v) is 6.22. The number of aryl methyl sites for hydroxylation is 1. The molecule has 1 aromatic carbocycles. The molecule has 0 bridgehead atoms. The summed E-state index contributed by atoms with van der Waals surface area (Å²) in [5, 5.41) is 6.00. The minimum absolute atomic E-state index is 0.220. The van der Waals surface area contributed by atoms with Gasteiger partial charge in [0.25, 0.3) is 0 Å². The smallest absolute Gasteiger partial charge is 0.154 e. The lowest BCUT2D eigenvalue weighted by Crippen LogP contribution is -2.38. The Morgan fingerprint density at radius 3 is 2.77 bits per heavy atom. The number of benzene rings is 1. The SMILES string of the molecule is Cc1nc2ccc(-n3nc(C4CC4)nc3[C@@H](C)N3CCOCC3)cc2s1. The van der Waals surface area contributed by atoms with Gasteiger partial charge in [-0.25, -0.2) is 14.6 Å². The van der Waals surface area contributed by atoms with Gasteiger partial charge in [0.05, 0.1) is 40.2 Å². The van der Waals surface area contributed by atoms with Crippen molar-refractivity contribution in [2.75, 3.05) is 26.3 Å². The van der Waals surface area contributed by atoms with Crippen molar-refractivity contribution in [3.63, 3.8) is 0 Å². The molecule has 0 radical (unpaired) electrons. The Bertz CT molecular complexity index is 939. The van der Waals surface area contributed by atoms with Crippen LogP contribution in [-0.2, 0) is 4.74 Å². The highest BCUT2D eigenvalue weighted by Crippen LogP contribution is 2.39. The summed E-state index contributed by atoms with van der Waals surface area (Å²) < 4.78 is 8.77. The molecule has 3 aromatic rings. The van der Waals surface area contributed by atoms with Gasteiger partial charge in [-0.3, -0.25) is 4.90 Å². The van der Waals surface area contributed by atoms with Gasteiger partial charge in [0, 0.05) is 19.0 Å².